The van der Waals surface area contributed by atoms with Crippen LogP contribution in [0.4, 0.5) is 4.39 Å². The Morgan fingerprint density at radius 3 is 3.00 bits per heavy atom. The van der Waals surface area contributed by atoms with Gasteiger partial charge in [-0.1, -0.05) is 16.8 Å². The van der Waals surface area contributed by atoms with Gasteiger partial charge in [0.25, 0.3) is 0 Å². The van der Waals surface area contributed by atoms with Gasteiger partial charge in [0.05, 0.1) is 0 Å². The number of rotatable bonds is 1. The van der Waals surface area contributed by atoms with Crippen LogP contribution in [0, 0.1) is 5.82 Å². The Hall–Kier alpha value is -1.55. The average molecular weight is 213 g/mol. The fourth-order valence-electron chi connectivity index (χ4n) is 1.32. The van der Waals surface area contributed by atoms with Crippen LogP contribution < -0.4 is 0 Å². The lowest BCUT2D eigenvalue weighted by Gasteiger charge is -1.93. The highest BCUT2D eigenvalue weighted by atomic mass is 35.5. The normalized spacial score (nSPS) is 12.3. The second-order valence-corrected chi connectivity index (χ2v) is 3.14. The summed E-state index contributed by atoms with van der Waals surface area (Å²) in [4.78, 5) is 2.83. The van der Waals surface area contributed by atoms with Crippen LogP contribution >= 0.6 is 11.6 Å². The van der Waals surface area contributed by atoms with E-state index in [1.54, 1.807) is 12.3 Å². The number of H-pyrrole nitrogens is 1. The SMILES string of the molecule is O/N=C(\Cl)c1c[nH]c2cc(F)ccc12. The van der Waals surface area contributed by atoms with Crippen LogP contribution in [0.15, 0.2) is 29.6 Å². The lowest BCUT2D eigenvalue weighted by molar-refractivity contribution is 0.321. The van der Waals surface area contributed by atoms with Crippen LogP contribution in [0.1, 0.15) is 5.56 Å². The van der Waals surface area contributed by atoms with E-state index >= 15 is 0 Å². The topological polar surface area (TPSA) is 48.4 Å². The van der Waals surface area contributed by atoms with Gasteiger partial charge >= 0.3 is 0 Å². The molecular weight excluding hydrogens is 207 g/mol. The third kappa shape index (κ3) is 1.33. The Kier molecular flexibility index (Phi) is 2.13. The standard InChI is InChI=1S/C9H6ClFN2O/c10-9(13-14)7-4-12-8-3-5(11)1-2-6(7)8/h1-4,12,14H/b13-9-. The maximum absolute atomic E-state index is 12.8. The van der Waals surface area contributed by atoms with Gasteiger partial charge in [0.1, 0.15) is 5.82 Å². The molecule has 0 unspecified atom stereocenters. The van der Waals surface area contributed by atoms with Crippen molar-refractivity contribution in [2.45, 2.75) is 0 Å². The Labute approximate surface area is 83.8 Å². The lowest BCUT2D eigenvalue weighted by atomic mass is 10.2. The van der Waals surface area contributed by atoms with Crippen molar-refractivity contribution in [3.63, 3.8) is 0 Å². The first-order chi connectivity index (χ1) is 6.72. The summed E-state index contributed by atoms with van der Waals surface area (Å²) in [6.07, 6.45) is 1.56. The van der Waals surface area contributed by atoms with Crippen LogP contribution in [0.5, 0.6) is 0 Å². The van der Waals surface area contributed by atoms with Gasteiger partial charge in [-0.3, -0.25) is 0 Å². The Bertz CT molecular complexity index is 506. The highest BCUT2D eigenvalue weighted by Gasteiger charge is 2.08. The minimum Gasteiger partial charge on any atom is -0.410 e. The van der Waals surface area contributed by atoms with Crippen molar-refractivity contribution in [1.29, 1.82) is 0 Å². The highest BCUT2D eigenvalue weighted by Crippen LogP contribution is 2.20. The van der Waals surface area contributed by atoms with Gasteiger partial charge in [0.2, 0.25) is 0 Å². The molecule has 0 saturated carbocycles. The summed E-state index contributed by atoms with van der Waals surface area (Å²) in [5.41, 5.74) is 1.16. The molecule has 0 aliphatic carbocycles. The number of oxime groups is 1. The zero-order valence-electron chi connectivity index (χ0n) is 6.96. The monoisotopic (exact) mass is 212 g/mol. The van der Waals surface area contributed by atoms with Gasteiger partial charge in [0, 0.05) is 22.7 Å². The maximum atomic E-state index is 12.8. The van der Waals surface area contributed by atoms with Crippen LogP contribution in [0.2, 0.25) is 0 Å². The summed E-state index contributed by atoms with van der Waals surface area (Å²) in [7, 11) is 0. The summed E-state index contributed by atoms with van der Waals surface area (Å²) < 4.78 is 12.8. The molecule has 3 nitrogen and oxygen atoms in total. The smallest absolute Gasteiger partial charge is 0.177 e. The molecular formula is C9H6ClFN2O. The molecule has 0 fully saturated rings. The molecule has 0 atom stereocenters. The van der Waals surface area contributed by atoms with Crippen LogP contribution in [0.25, 0.3) is 10.9 Å². The molecule has 1 aromatic heterocycles. The minimum atomic E-state index is -0.331. The van der Waals surface area contributed by atoms with Crippen molar-refractivity contribution in [3.8, 4) is 0 Å². The van der Waals surface area contributed by atoms with E-state index in [1.807, 2.05) is 0 Å². The van der Waals surface area contributed by atoms with Crippen molar-refractivity contribution in [2.24, 2.45) is 5.16 Å². The number of nitrogens with zero attached hydrogens (tertiary/aromatic N) is 1. The van der Waals surface area contributed by atoms with Gasteiger partial charge in [0.15, 0.2) is 5.17 Å². The van der Waals surface area contributed by atoms with Crippen LogP contribution in [0.3, 0.4) is 0 Å². The third-order valence-corrected chi connectivity index (χ3v) is 2.23. The van der Waals surface area contributed by atoms with Crippen molar-refractivity contribution in [3.05, 3.63) is 35.8 Å². The quantitative estimate of drug-likeness (QED) is 0.426. The van der Waals surface area contributed by atoms with Gasteiger partial charge in [-0.25, -0.2) is 4.39 Å². The molecule has 1 aromatic carbocycles. The van der Waals surface area contributed by atoms with Crippen LogP contribution in [-0.2, 0) is 0 Å². The largest absolute Gasteiger partial charge is 0.410 e. The first-order valence-electron chi connectivity index (χ1n) is 3.87. The van der Waals surface area contributed by atoms with Gasteiger partial charge in [-0.2, -0.15) is 0 Å². The summed E-state index contributed by atoms with van der Waals surface area (Å²) in [6.45, 7) is 0. The number of nitrogens with one attached hydrogen (secondary N) is 1. The molecule has 0 aliphatic rings. The van der Waals surface area contributed by atoms with Crippen molar-refractivity contribution >= 4 is 27.7 Å². The van der Waals surface area contributed by atoms with E-state index in [-0.39, 0.29) is 11.0 Å². The predicted octanol–water partition coefficient (Wildman–Crippen LogP) is 2.68. The molecule has 0 saturated heterocycles. The first-order valence-corrected chi connectivity index (χ1v) is 4.24. The summed E-state index contributed by atoms with van der Waals surface area (Å²) in [5.74, 6) is -0.331. The maximum Gasteiger partial charge on any atom is 0.177 e. The fraction of sp³-hybridized carbons (Fsp3) is 0. The number of aromatic amines is 1. The molecule has 5 heteroatoms. The summed E-state index contributed by atoms with van der Waals surface area (Å²) >= 11 is 5.64. The molecule has 0 radical (unpaired) electrons. The van der Waals surface area contributed by atoms with E-state index in [0.29, 0.717) is 16.5 Å². The molecule has 2 rings (SSSR count). The fourth-order valence-corrected chi connectivity index (χ4v) is 1.48. The highest BCUT2D eigenvalue weighted by molar-refractivity contribution is 6.70. The van der Waals surface area contributed by atoms with E-state index in [9.17, 15) is 4.39 Å². The number of hydrogen-bond acceptors (Lipinski definition) is 2. The lowest BCUT2D eigenvalue weighted by Crippen LogP contribution is -1.88. The molecule has 2 aromatic rings. The summed E-state index contributed by atoms with van der Waals surface area (Å²) in [5, 5.41) is 12.1. The molecule has 0 bridgehead atoms. The molecule has 0 spiro atoms. The number of aromatic nitrogens is 1. The van der Waals surface area contributed by atoms with Gasteiger partial charge < -0.3 is 10.2 Å². The second kappa shape index (κ2) is 3.31. The Morgan fingerprint density at radius 1 is 1.50 bits per heavy atom. The third-order valence-electron chi connectivity index (χ3n) is 1.95. The predicted molar refractivity (Wildman–Crippen MR) is 52.4 cm³/mol. The van der Waals surface area contributed by atoms with E-state index in [4.69, 9.17) is 16.8 Å². The molecule has 14 heavy (non-hydrogen) atoms. The number of benzene rings is 1. The van der Waals surface area contributed by atoms with Crippen LogP contribution in [-0.4, -0.2) is 15.4 Å². The molecule has 0 aliphatic heterocycles. The van der Waals surface area contributed by atoms with Gasteiger partial charge in [-0.05, 0) is 18.2 Å². The van der Waals surface area contributed by atoms with E-state index in [1.165, 1.54) is 12.1 Å². The number of fused-ring (bicyclic) bond motifs is 1. The van der Waals surface area contributed by atoms with E-state index in [2.05, 4.69) is 10.1 Å². The number of hydrogen-bond donors (Lipinski definition) is 2. The minimum absolute atomic E-state index is 0.0251. The molecule has 0 amide bonds. The Balaban J connectivity index is 2.70. The first kappa shape index (κ1) is 9.02. The van der Waals surface area contributed by atoms with Crippen molar-refractivity contribution < 1.29 is 9.60 Å². The number of halogens is 2. The molecule has 1 heterocycles. The van der Waals surface area contributed by atoms with Crippen molar-refractivity contribution in [1.82, 2.24) is 4.98 Å². The Morgan fingerprint density at radius 2 is 2.29 bits per heavy atom. The van der Waals surface area contributed by atoms with E-state index in [0.717, 1.165) is 0 Å². The van der Waals surface area contributed by atoms with Gasteiger partial charge in [-0.15, -0.1) is 0 Å². The van der Waals surface area contributed by atoms with Crippen molar-refractivity contribution in [2.75, 3.05) is 0 Å². The average Bonchev–Trinajstić information content (AvgIpc) is 2.59. The zero-order chi connectivity index (χ0) is 10.1. The second-order valence-electron chi connectivity index (χ2n) is 2.78. The molecule has 72 valence electrons. The van der Waals surface area contributed by atoms with E-state index < -0.39 is 0 Å². The summed E-state index contributed by atoms with van der Waals surface area (Å²) in [6, 6.07) is 4.24. The molecule has 2 N–H and O–H groups in total. The zero-order valence-corrected chi connectivity index (χ0v) is 7.72.